The first-order chi connectivity index (χ1) is 18.6. The van der Waals surface area contributed by atoms with Crippen LogP contribution in [0.2, 0.25) is 0 Å². The normalized spacial score (nSPS) is 18.9. The van der Waals surface area contributed by atoms with Gasteiger partial charge in [-0.1, -0.05) is 12.1 Å². The zero-order valence-electron chi connectivity index (χ0n) is 22.7. The molecule has 0 bridgehead atoms. The monoisotopic (exact) mass is 544 g/mol. The number of aryl methyl sites for hydroxylation is 2. The zero-order valence-corrected chi connectivity index (χ0v) is 22.7. The van der Waals surface area contributed by atoms with E-state index in [2.05, 4.69) is 15.4 Å². The Morgan fingerprint density at radius 1 is 1.21 bits per heavy atom. The molecule has 3 aromatic rings. The molecule has 13 heteroatoms. The van der Waals surface area contributed by atoms with Crippen LogP contribution in [0.15, 0.2) is 16.9 Å². The van der Waals surface area contributed by atoms with E-state index < -0.39 is 24.4 Å². The number of anilines is 1. The Labute approximate surface area is 224 Å². The molecule has 1 saturated carbocycles. The molecule has 3 aromatic heterocycles. The fourth-order valence-corrected chi connectivity index (χ4v) is 5.31. The number of ether oxygens (including phenoxy) is 1. The van der Waals surface area contributed by atoms with Gasteiger partial charge in [-0.2, -0.15) is 5.10 Å². The van der Waals surface area contributed by atoms with Crippen LogP contribution in [-0.4, -0.2) is 66.4 Å². The Bertz CT molecular complexity index is 1420. The van der Waals surface area contributed by atoms with Crippen molar-refractivity contribution in [1.82, 2.24) is 34.3 Å². The van der Waals surface area contributed by atoms with E-state index in [0.717, 1.165) is 12.2 Å². The highest BCUT2D eigenvalue weighted by molar-refractivity contribution is 5.70. The van der Waals surface area contributed by atoms with Gasteiger partial charge in [-0.25, -0.2) is 27.9 Å². The number of carbonyl (C=O) groups is 1. The molecular weight excluding hydrogens is 510 g/mol. The van der Waals surface area contributed by atoms with Crippen molar-refractivity contribution >= 4 is 11.7 Å². The average molecular weight is 545 g/mol. The summed E-state index contributed by atoms with van der Waals surface area (Å²) in [5.74, 6) is -2.60. The van der Waals surface area contributed by atoms with Crippen molar-refractivity contribution in [2.45, 2.75) is 57.9 Å². The maximum atomic E-state index is 14.7. The van der Waals surface area contributed by atoms with Gasteiger partial charge in [0.25, 0.3) is 5.92 Å². The molecule has 0 aromatic carbocycles. The van der Waals surface area contributed by atoms with E-state index in [4.69, 9.17) is 9.72 Å². The van der Waals surface area contributed by atoms with Gasteiger partial charge in [0, 0.05) is 33.5 Å². The number of carbonyl (C=O) groups excluding carboxylic acids is 1. The number of esters is 1. The van der Waals surface area contributed by atoms with Crippen LogP contribution in [0.4, 0.5) is 14.5 Å². The minimum atomic E-state index is -2.94. The van der Waals surface area contributed by atoms with Crippen molar-refractivity contribution in [2.75, 3.05) is 25.1 Å². The summed E-state index contributed by atoms with van der Waals surface area (Å²) in [6.07, 6.45) is 3.21. The van der Waals surface area contributed by atoms with Crippen LogP contribution in [0.25, 0.3) is 11.4 Å². The second-order valence-corrected chi connectivity index (χ2v) is 10.7. The second kappa shape index (κ2) is 10.5. The summed E-state index contributed by atoms with van der Waals surface area (Å²) in [6.45, 7) is 1.95. The number of nitrogens with zero attached hydrogens (tertiary/aromatic N) is 8. The molecule has 0 radical (unpaired) electrons. The molecule has 11 nitrogen and oxygen atoms in total. The smallest absolute Gasteiger partial charge is 0.346 e. The maximum Gasteiger partial charge on any atom is 0.346 e. The summed E-state index contributed by atoms with van der Waals surface area (Å²) >= 11 is 0. The van der Waals surface area contributed by atoms with E-state index in [-0.39, 0.29) is 25.1 Å². The van der Waals surface area contributed by atoms with Gasteiger partial charge < -0.3 is 9.64 Å². The van der Waals surface area contributed by atoms with Crippen LogP contribution in [0.1, 0.15) is 49.8 Å². The highest BCUT2D eigenvalue weighted by atomic mass is 19.3. The standard InChI is InChI=1S/C26H34F2N8O3/c1-5-18-20(35-13-17(11-23(37)39-4)12-26(27,28)15-35)9-8-19(29-18)24-21(34(3)32-30-24)14-36-25(38)33(2)22(31-36)10-16-6-7-16/h8-9,16-17H,5-7,10-15H2,1-4H3. The molecule has 1 aliphatic carbocycles. The summed E-state index contributed by atoms with van der Waals surface area (Å²) in [7, 11) is 4.74. The lowest BCUT2D eigenvalue weighted by Gasteiger charge is -2.39. The molecule has 1 saturated heterocycles. The van der Waals surface area contributed by atoms with E-state index in [0.29, 0.717) is 47.3 Å². The van der Waals surface area contributed by atoms with E-state index in [9.17, 15) is 18.4 Å². The minimum absolute atomic E-state index is 0.0617. The molecule has 0 spiro atoms. The van der Waals surface area contributed by atoms with Crippen LogP contribution in [-0.2, 0) is 43.0 Å². The highest BCUT2D eigenvalue weighted by Gasteiger charge is 2.41. The lowest BCUT2D eigenvalue weighted by Crippen LogP contribution is -2.48. The van der Waals surface area contributed by atoms with Gasteiger partial charge in [-0.05, 0) is 43.2 Å². The van der Waals surface area contributed by atoms with Crippen LogP contribution in [0.5, 0.6) is 0 Å². The third kappa shape index (κ3) is 5.71. The SMILES string of the molecule is CCc1nc(-c2nnn(C)c2Cn2nc(CC3CC3)n(C)c2=O)ccc1N1CC(CC(=O)OC)CC(F)(F)C1. The summed E-state index contributed by atoms with van der Waals surface area (Å²) in [5.41, 5.74) is 2.75. The Balaban J connectivity index is 1.42. The lowest BCUT2D eigenvalue weighted by atomic mass is 9.91. The first kappa shape index (κ1) is 26.9. The number of methoxy groups -OCH3 is 1. The number of aromatic nitrogens is 7. The molecule has 0 amide bonds. The Kier molecular flexibility index (Phi) is 7.25. The average Bonchev–Trinajstić information content (AvgIpc) is 3.59. The Hall–Kier alpha value is -3.64. The number of piperidine rings is 1. The van der Waals surface area contributed by atoms with Gasteiger partial charge >= 0.3 is 11.7 Å². The number of alkyl halides is 2. The predicted octanol–water partition coefficient (Wildman–Crippen LogP) is 2.36. The number of halogens is 2. The van der Waals surface area contributed by atoms with Gasteiger partial charge in [-0.15, -0.1) is 5.10 Å². The van der Waals surface area contributed by atoms with Gasteiger partial charge in [0.2, 0.25) is 0 Å². The fraction of sp³-hybridized carbons (Fsp3) is 0.615. The van der Waals surface area contributed by atoms with Crippen molar-refractivity contribution in [3.8, 4) is 11.4 Å². The van der Waals surface area contributed by atoms with Crippen LogP contribution in [0, 0.1) is 11.8 Å². The molecule has 1 unspecified atom stereocenters. The zero-order chi connectivity index (χ0) is 27.9. The van der Waals surface area contributed by atoms with Crippen molar-refractivity contribution in [2.24, 2.45) is 25.9 Å². The maximum absolute atomic E-state index is 14.7. The number of rotatable bonds is 9. The van der Waals surface area contributed by atoms with Gasteiger partial charge in [0.1, 0.15) is 11.5 Å². The molecule has 210 valence electrons. The molecule has 0 N–H and O–H groups in total. The third-order valence-electron chi connectivity index (χ3n) is 7.58. The van der Waals surface area contributed by atoms with Gasteiger partial charge in [0.05, 0.1) is 49.4 Å². The highest BCUT2D eigenvalue weighted by Crippen LogP contribution is 2.36. The number of hydrogen-bond acceptors (Lipinski definition) is 8. The van der Waals surface area contributed by atoms with Crippen molar-refractivity contribution in [3.63, 3.8) is 0 Å². The molecule has 1 aliphatic heterocycles. The third-order valence-corrected chi connectivity index (χ3v) is 7.58. The molecule has 1 atom stereocenters. The molecule has 39 heavy (non-hydrogen) atoms. The van der Waals surface area contributed by atoms with Crippen molar-refractivity contribution in [1.29, 1.82) is 0 Å². The summed E-state index contributed by atoms with van der Waals surface area (Å²) in [6, 6.07) is 3.51. The summed E-state index contributed by atoms with van der Waals surface area (Å²) in [5, 5.41) is 13.0. The number of hydrogen-bond donors (Lipinski definition) is 0. The van der Waals surface area contributed by atoms with Crippen molar-refractivity contribution in [3.05, 3.63) is 39.8 Å². The van der Waals surface area contributed by atoms with E-state index in [1.807, 2.05) is 6.92 Å². The topological polar surface area (TPSA) is 113 Å². The Morgan fingerprint density at radius 2 is 1.97 bits per heavy atom. The lowest BCUT2D eigenvalue weighted by molar-refractivity contribution is -0.142. The largest absolute Gasteiger partial charge is 0.469 e. The van der Waals surface area contributed by atoms with Gasteiger partial charge in [0.15, 0.2) is 0 Å². The number of pyridine rings is 1. The molecule has 4 heterocycles. The summed E-state index contributed by atoms with van der Waals surface area (Å²) < 4.78 is 38.6. The molecular formula is C26H34F2N8O3. The minimum Gasteiger partial charge on any atom is -0.469 e. The van der Waals surface area contributed by atoms with E-state index >= 15 is 0 Å². The first-order valence-electron chi connectivity index (χ1n) is 13.3. The van der Waals surface area contributed by atoms with Crippen molar-refractivity contribution < 1.29 is 18.3 Å². The van der Waals surface area contributed by atoms with Crippen LogP contribution in [0.3, 0.4) is 0 Å². The van der Waals surface area contributed by atoms with Crippen LogP contribution >= 0.6 is 0 Å². The van der Waals surface area contributed by atoms with Gasteiger partial charge in [-0.3, -0.25) is 9.36 Å². The van der Waals surface area contributed by atoms with Crippen LogP contribution < -0.4 is 10.6 Å². The first-order valence-corrected chi connectivity index (χ1v) is 13.3. The Morgan fingerprint density at radius 3 is 2.67 bits per heavy atom. The van der Waals surface area contributed by atoms with E-state index in [1.165, 1.54) is 24.6 Å². The quantitative estimate of drug-likeness (QED) is 0.378. The predicted molar refractivity (Wildman–Crippen MR) is 139 cm³/mol. The second-order valence-electron chi connectivity index (χ2n) is 10.7. The molecule has 5 rings (SSSR count). The fourth-order valence-electron chi connectivity index (χ4n) is 5.31. The molecule has 2 aliphatic rings. The molecule has 2 fully saturated rings. The summed E-state index contributed by atoms with van der Waals surface area (Å²) in [4.78, 5) is 31.0. The van der Waals surface area contributed by atoms with E-state index in [1.54, 1.807) is 40.4 Å².